The lowest BCUT2D eigenvalue weighted by Crippen LogP contribution is -2.36. The van der Waals surface area contributed by atoms with Crippen LogP contribution in [0, 0.1) is 0 Å². The number of nitrogens with one attached hydrogen (secondary N) is 1. The van der Waals surface area contributed by atoms with Gasteiger partial charge in [0.15, 0.2) is 11.5 Å². The van der Waals surface area contributed by atoms with E-state index in [9.17, 15) is 9.59 Å². The quantitative estimate of drug-likeness (QED) is 0.644. The minimum Gasteiger partial charge on any atom is -0.493 e. The first-order valence-electron chi connectivity index (χ1n) is 9.07. The van der Waals surface area contributed by atoms with Crippen molar-refractivity contribution in [3.8, 4) is 11.5 Å². The molecule has 0 aliphatic carbocycles. The van der Waals surface area contributed by atoms with Gasteiger partial charge < -0.3 is 25.4 Å². The van der Waals surface area contributed by atoms with Crippen molar-refractivity contribution in [2.45, 2.75) is 38.6 Å². The Morgan fingerprint density at radius 2 is 1.81 bits per heavy atom. The van der Waals surface area contributed by atoms with Crippen LogP contribution in [0.1, 0.15) is 36.8 Å². The van der Waals surface area contributed by atoms with Crippen LogP contribution in [-0.4, -0.2) is 50.6 Å². The highest BCUT2D eigenvalue weighted by Gasteiger charge is 2.22. The maximum Gasteiger partial charge on any atom is 0.222 e. The third-order valence-electron chi connectivity index (χ3n) is 4.57. The van der Waals surface area contributed by atoms with Gasteiger partial charge in [0.1, 0.15) is 0 Å². The highest BCUT2D eigenvalue weighted by molar-refractivity contribution is 5.77. The number of carbonyl (C=O) groups excluding carboxylic acids is 2. The van der Waals surface area contributed by atoms with Gasteiger partial charge in [0.25, 0.3) is 0 Å². The molecule has 0 radical (unpaired) electrons. The third kappa shape index (κ3) is 5.36. The molecule has 0 fully saturated rings. The van der Waals surface area contributed by atoms with Crippen LogP contribution in [0.4, 0.5) is 0 Å². The van der Waals surface area contributed by atoms with Crippen LogP contribution < -0.4 is 20.5 Å². The summed E-state index contributed by atoms with van der Waals surface area (Å²) in [6, 6.07) is 3.94. The Labute approximate surface area is 154 Å². The van der Waals surface area contributed by atoms with Crippen LogP contribution in [0.15, 0.2) is 12.1 Å². The van der Waals surface area contributed by atoms with Gasteiger partial charge in [-0.1, -0.05) is 0 Å². The number of fused-ring (bicyclic) bond motifs is 1. The standard InChI is InChI=1S/C19H29N3O4/c1-25-16-11-14-7-10-22(13-15(14)12-17(16)26-2)19(24)6-4-9-21-18(23)5-3-8-20/h11-12H,3-10,13,20H2,1-2H3,(H,21,23). The van der Waals surface area contributed by atoms with Crippen molar-refractivity contribution in [1.29, 1.82) is 0 Å². The summed E-state index contributed by atoms with van der Waals surface area (Å²) in [5, 5.41) is 2.82. The zero-order valence-electron chi connectivity index (χ0n) is 15.7. The molecule has 0 spiro atoms. The Morgan fingerprint density at radius 1 is 1.12 bits per heavy atom. The number of hydrogen-bond acceptors (Lipinski definition) is 5. The molecule has 1 aliphatic heterocycles. The zero-order valence-corrected chi connectivity index (χ0v) is 15.7. The molecule has 0 bridgehead atoms. The lowest BCUT2D eigenvalue weighted by Gasteiger charge is -2.29. The van der Waals surface area contributed by atoms with Crippen LogP contribution in [-0.2, 0) is 22.6 Å². The monoisotopic (exact) mass is 363 g/mol. The summed E-state index contributed by atoms with van der Waals surface area (Å²) in [6.45, 7) is 2.31. The van der Waals surface area contributed by atoms with Gasteiger partial charge in [-0.3, -0.25) is 9.59 Å². The van der Waals surface area contributed by atoms with Gasteiger partial charge in [0.05, 0.1) is 14.2 Å². The highest BCUT2D eigenvalue weighted by atomic mass is 16.5. The maximum atomic E-state index is 12.4. The largest absolute Gasteiger partial charge is 0.493 e. The third-order valence-corrected chi connectivity index (χ3v) is 4.57. The average molecular weight is 363 g/mol. The maximum absolute atomic E-state index is 12.4. The van der Waals surface area contributed by atoms with Crippen molar-refractivity contribution in [2.75, 3.05) is 33.9 Å². The van der Waals surface area contributed by atoms with Gasteiger partial charge in [-0.2, -0.15) is 0 Å². The Bertz CT molecular complexity index is 633. The second-order valence-corrected chi connectivity index (χ2v) is 6.39. The summed E-state index contributed by atoms with van der Waals surface area (Å²) in [4.78, 5) is 25.8. The lowest BCUT2D eigenvalue weighted by molar-refractivity contribution is -0.132. The molecule has 0 atom stereocenters. The fourth-order valence-corrected chi connectivity index (χ4v) is 3.07. The van der Waals surface area contributed by atoms with E-state index in [0.717, 1.165) is 17.7 Å². The van der Waals surface area contributed by atoms with Crippen molar-refractivity contribution in [3.05, 3.63) is 23.3 Å². The number of rotatable bonds is 9. The predicted octanol–water partition coefficient (Wildman–Crippen LogP) is 1.22. The van der Waals surface area contributed by atoms with Crippen LogP contribution in [0.25, 0.3) is 0 Å². The SMILES string of the molecule is COc1cc2c(cc1OC)CN(C(=O)CCCNC(=O)CCCN)CC2. The highest BCUT2D eigenvalue weighted by Crippen LogP contribution is 2.33. The van der Waals surface area contributed by atoms with Crippen LogP contribution in [0.3, 0.4) is 0 Å². The minimum absolute atomic E-state index is 0.00385. The fourth-order valence-electron chi connectivity index (χ4n) is 3.07. The molecule has 1 aromatic carbocycles. The van der Waals surface area contributed by atoms with E-state index in [2.05, 4.69) is 5.32 Å². The van der Waals surface area contributed by atoms with Gasteiger partial charge in [-0.15, -0.1) is 0 Å². The molecule has 0 saturated heterocycles. The zero-order chi connectivity index (χ0) is 18.9. The van der Waals surface area contributed by atoms with Crippen molar-refractivity contribution in [2.24, 2.45) is 5.73 Å². The first-order valence-corrected chi connectivity index (χ1v) is 9.07. The molecule has 0 saturated carbocycles. The van der Waals surface area contributed by atoms with Crippen molar-refractivity contribution in [3.63, 3.8) is 0 Å². The summed E-state index contributed by atoms with van der Waals surface area (Å²) in [7, 11) is 3.23. The first kappa shape index (κ1) is 20.0. The number of methoxy groups -OCH3 is 2. The fraction of sp³-hybridized carbons (Fsp3) is 0.579. The van der Waals surface area contributed by atoms with Gasteiger partial charge in [0.2, 0.25) is 11.8 Å². The molecular formula is C19H29N3O4. The number of hydrogen-bond donors (Lipinski definition) is 2. The smallest absolute Gasteiger partial charge is 0.222 e. The van der Waals surface area contributed by atoms with Crippen molar-refractivity contribution in [1.82, 2.24) is 10.2 Å². The topological polar surface area (TPSA) is 93.9 Å². The molecular weight excluding hydrogens is 334 g/mol. The molecule has 0 aromatic heterocycles. The van der Waals surface area contributed by atoms with E-state index in [0.29, 0.717) is 57.6 Å². The van der Waals surface area contributed by atoms with Crippen LogP contribution in [0.2, 0.25) is 0 Å². The van der Waals surface area contributed by atoms with Crippen molar-refractivity contribution >= 4 is 11.8 Å². The van der Waals surface area contributed by atoms with E-state index in [4.69, 9.17) is 15.2 Å². The van der Waals surface area contributed by atoms with Gasteiger partial charge >= 0.3 is 0 Å². The number of nitrogens with two attached hydrogens (primary N) is 1. The Morgan fingerprint density at radius 3 is 2.46 bits per heavy atom. The van der Waals surface area contributed by atoms with E-state index in [-0.39, 0.29) is 11.8 Å². The summed E-state index contributed by atoms with van der Waals surface area (Å²) < 4.78 is 10.7. The molecule has 7 nitrogen and oxygen atoms in total. The molecule has 1 aromatic rings. The first-order chi connectivity index (χ1) is 12.6. The molecule has 0 unspecified atom stereocenters. The van der Waals surface area contributed by atoms with Crippen LogP contribution >= 0.6 is 0 Å². The lowest BCUT2D eigenvalue weighted by atomic mass is 9.98. The van der Waals surface area contributed by atoms with E-state index in [1.807, 2.05) is 17.0 Å². The van der Waals surface area contributed by atoms with Crippen molar-refractivity contribution < 1.29 is 19.1 Å². The van der Waals surface area contributed by atoms with E-state index in [1.165, 1.54) is 5.56 Å². The normalized spacial score (nSPS) is 13.1. The Kier molecular flexibility index (Phi) is 7.72. The Hall–Kier alpha value is -2.28. The van der Waals surface area contributed by atoms with Crippen LogP contribution in [0.5, 0.6) is 11.5 Å². The second-order valence-electron chi connectivity index (χ2n) is 6.39. The molecule has 144 valence electrons. The number of benzene rings is 1. The molecule has 1 aliphatic rings. The second kappa shape index (κ2) is 10.0. The van der Waals surface area contributed by atoms with E-state index in [1.54, 1.807) is 14.2 Å². The van der Waals surface area contributed by atoms with Gasteiger partial charge in [0, 0.05) is 32.5 Å². The number of ether oxygens (including phenoxy) is 2. The molecule has 3 N–H and O–H groups in total. The van der Waals surface area contributed by atoms with E-state index < -0.39 is 0 Å². The minimum atomic E-state index is -0.00385. The number of amides is 2. The van der Waals surface area contributed by atoms with Gasteiger partial charge in [-0.05, 0) is 49.1 Å². The summed E-state index contributed by atoms with van der Waals surface area (Å²) in [5.74, 6) is 1.51. The number of carbonyl (C=O) groups is 2. The molecule has 2 rings (SSSR count). The summed E-state index contributed by atoms with van der Waals surface area (Å²) in [5.41, 5.74) is 7.67. The van der Waals surface area contributed by atoms with Gasteiger partial charge in [-0.25, -0.2) is 0 Å². The predicted molar refractivity (Wildman–Crippen MR) is 99.2 cm³/mol. The summed E-state index contributed by atoms with van der Waals surface area (Å²) >= 11 is 0. The Balaban J connectivity index is 1.82. The molecule has 1 heterocycles. The van der Waals surface area contributed by atoms with E-state index >= 15 is 0 Å². The molecule has 2 amide bonds. The summed E-state index contributed by atoms with van der Waals surface area (Å²) in [6.07, 6.45) is 3.00. The number of nitrogens with zero attached hydrogens (tertiary/aromatic N) is 1. The molecule has 7 heteroatoms. The molecule has 26 heavy (non-hydrogen) atoms. The average Bonchev–Trinajstić information content (AvgIpc) is 2.67.